The number of hydrogen-bond donors (Lipinski definition) is 1. The van der Waals surface area contributed by atoms with Crippen molar-refractivity contribution in [2.24, 2.45) is 5.92 Å². The Balaban J connectivity index is 1.54. The van der Waals surface area contributed by atoms with Gasteiger partial charge in [-0.05, 0) is 55.0 Å². The lowest BCUT2D eigenvalue weighted by Crippen LogP contribution is -2.39. The quantitative estimate of drug-likeness (QED) is 0.642. The maximum Gasteiger partial charge on any atom is 0.266 e. The molecular weight excluding hydrogens is 341 g/mol. The number of hydrogen-bond acceptors (Lipinski definition) is 3. The van der Waals surface area contributed by atoms with Gasteiger partial charge in [0.2, 0.25) is 0 Å². The van der Waals surface area contributed by atoms with Crippen LogP contribution in [0.25, 0.3) is 0 Å². The third-order valence-corrected chi connectivity index (χ3v) is 4.85. The van der Waals surface area contributed by atoms with Crippen molar-refractivity contribution >= 4 is 11.6 Å². The summed E-state index contributed by atoms with van der Waals surface area (Å²) in [5.74, 6) is -0.0342. The fourth-order valence-corrected chi connectivity index (χ4v) is 3.30. The molecule has 2 aromatic carbocycles. The Labute approximate surface area is 158 Å². The maximum absolute atomic E-state index is 12.9. The molecule has 0 aliphatic carbocycles. The Morgan fingerprint density at radius 1 is 1.15 bits per heavy atom. The Kier molecular flexibility index (Phi) is 6.22. The van der Waals surface area contributed by atoms with Gasteiger partial charge < -0.3 is 10.2 Å². The molecule has 0 atom stereocenters. The molecule has 1 N–H and O–H groups in total. The van der Waals surface area contributed by atoms with E-state index in [1.165, 1.54) is 23.9 Å². The Hall–Kier alpha value is -3.13. The number of anilines is 1. The van der Waals surface area contributed by atoms with Gasteiger partial charge in [-0.3, -0.25) is 4.79 Å². The van der Waals surface area contributed by atoms with Crippen LogP contribution in [-0.2, 0) is 11.2 Å². The zero-order valence-corrected chi connectivity index (χ0v) is 15.1. The molecule has 27 heavy (non-hydrogen) atoms. The molecule has 3 rings (SSSR count). The lowest BCUT2D eigenvalue weighted by Gasteiger charge is -2.32. The van der Waals surface area contributed by atoms with Crippen LogP contribution in [-0.4, -0.2) is 23.9 Å². The monoisotopic (exact) mass is 363 g/mol. The second-order valence-corrected chi connectivity index (χ2v) is 6.75. The molecule has 2 aromatic rings. The van der Waals surface area contributed by atoms with E-state index in [0.717, 1.165) is 19.3 Å². The van der Waals surface area contributed by atoms with E-state index in [9.17, 15) is 14.4 Å². The Morgan fingerprint density at radius 2 is 1.81 bits per heavy atom. The van der Waals surface area contributed by atoms with Gasteiger partial charge in [-0.1, -0.05) is 30.3 Å². The second-order valence-electron chi connectivity index (χ2n) is 6.75. The van der Waals surface area contributed by atoms with E-state index in [0.29, 0.717) is 24.7 Å². The number of benzene rings is 2. The molecule has 1 heterocycles. The van der Waals surface area contributed by atoms with Gasteiger partial charge in [0.1, 0.15) is 17.5 Å². The average molecular weight is 363 g/mol. The minimum atomic E-state index is -0.334. The van der Waals surface area contributed by atoms with Crippen LogP contribution in [0.5, 0.6) is 0 Å². The van der Waals surface area contributed by atoms with Gasteiger partial charge in [0.15, 0.2) is 0 Å². The molecule has 0 aromatic heterocycles. The number of halogens is 1. The van der Waals surface area contributed by atoms with Crippen molar-refractivity contribution in [2.45, 2.75) is 19.3 Å². The van der Waals surface area contributed by atoms with Crippen molar-refractivity contribution in [3.05, 3.63) is 77.8 Å². The normalized spacial score (nSPS) is 15.3. The highest BCUT2D eigenvalue weighted by Gasteiger charge is 2.25. The van der Waals surface area contributed by atoms with E-state index < -0.39 is 0 Å². The predicted molar refractivity (Wildman–Crippen MR) is 103 cm³/mol. The lowest BCUT2D eigenvalue weighted by atomic mass is 9.90. The molecule has 0 bridgehead atoms. The largest absolute Gasteiger partial charge is 0.360 e. The highest BCUT2D eigenvalue weighted by Crippen LogP contribution is 2.22. The smallest absolute Gasteiger partial charge is 0.266 e. The summed E-state index contributed by atoms with van der Waals surface area (Å²) >= 11 is 0. The molecule has 4 nitrogen and oxygen atoms in total. The first-order valence-electron chi connectivity index (χ1n) is 9.11. The van der Waals surface area contributed by atoms with Crippen LogP contribution in [0, 0.1) is 23.1 Å². The van der Waals surface area contributed by atoms with Crippen molar-refractivity contribution in [3.63, 3.8) is 0 Å². The predicted octanol–water partition coefficient (Wildman–Crippen LogP) is 4.13. The molecule has 1 fully saturated rings. The minimum Gasteiger partial charge on any atom is -0.360 e. The third kappa shape index (κ3) is 5.18. The Bertz CT molecular complexity index is 832. The van der Waals surface area contributed by atoms with Gasteiger partial charge in [0, 0.05) is 25.0 Å². The van der Waals surface area contributed by atoms with Crippen molar-refractivity contribution in [1.82, 2.24) is 4.90 Å². The summed E-state index contributed by atoms with van der Waals surface area (Å²) < 4.78 is 12.9. The first-order chi connectivity index (χ1) is 13.2. The first kappa shape index (κ1) is 18.7. The molecule has 5 heteroatoms. The standard InChI is InChI=1S/C22H22FN3O/c23-20-6-8-21(9-7-20)25-16-19(15-24)22(27)26-12-10-18(11-13-26)14-17-4-2-1-3-5-17/h1-9,16,18,25H,10-14H2/b19-16-. The number of carbonyl (C=O) groups excluding carboxylic acids is 1. The Morgan fingerprint density at radius 3 is 2.44 bits per heavy atom. The van der Waals surface area contributed by atoms with E-state index in [1.54, 1.807) is 17.0 Å². The molecule has 138 valence electrons. The van der Waals surface area contributed by atoms with Gasteiger partial charge >= 0.3 is 0 Å². The molecule has 0 spiro atoms. The van der Waals surface area contributed by atoms with Crippen molar-refractivity contribution in [2.75, 3.05) is 18.4 Å². The van der Waals surface area contributed by atoms with E-state index in [4.69, 9.17) is 0 Å². The summed E-state index contributed by atoms with van der Waals surface area (Å²) in [6, 6.07) is 18.1. The number of nitriles is 1. The number of nitrogens with zero attached hydrogens (tertiary/aromatic N) is 2. The number of rotatable bonds is 5. The van der Waals surface area contributed by atoms with E-state index in [1.807, 2.05) is 24.3 Å². The third-order valence-electron chi connectivity index (χ3n) is 4.85. The molecule has 1 amide bonds. The highest BCUT2D eigenvalue weighted by atomic mass is 19.1. The minimum absolute atomic E-state index is 0.0563. The summed E-state index contributed by atoms with van der Waals surface area (Å²) in [7, 11) is 0. The van der Waals surface area contributed by atoms with Crippen LogP contribution in [0.4, 0.5) is 10.1 Å². The van der Waals surface area contributed by atoms with E-state index in [2.05, 4.69) is 17.4 Å². The van der Waals surface area contributed by atoms with Gasteiger partial charge in [0.25, 0.3) is 5.91 Å². The molecule has 0 saturated carbocycles. The molecule has 1 saturated heterocycles. The SMILES string of the molecule is N#C/C(=C/Nc1ccc(F)cc1)C(=O)N1CCC(Cc2ccccc2)CC1. The number of carbonyl (C=O) groups is 1. The van der Waals surface area contributed by atoms with Gasteiger partial charge in [0.05, 0.1) is 0 Å². The molecule has 0 unspecified atom stereocenters. The molecule has 1 aliphatic heterocycles. The van der Waals surface area contributed by atoms with E-state index in [-0.39, 0.29) is 17.3 Å². The summed E-state index contributed by atoms with van der Waals surface area (Å²) in [5.41, 5.74) is 2.00. The van der Waals surface area contributed by atoms with Crippen molar-refractivity contribution < 1.29 is 9.18 Å². The van der Waals surface area contributed by atoms with Gasteiger partial charge in [-0.2, -0.15) is 5.26 Å². The molecular formula is C22H22FN3O. The highest BCUT2D eigenvalue weighted by molar-refractivity contribution is 5.97. The van der Waals surface area contributed by atoms with Crippen LogP contribution in [0.2, 0.25) is 0 Å². The fourth-order valence-electron chi connectivity index (χ4n) is 3.30. The molecule has 0 radical (unpaired) electrons. The average Bonchev–Trinajstić information content (AvgIpc) is 2.71. The second kappa shape index (κ2) is 9.00. The van der Waals surface area contributed by atoms with Crippen LogP contribution >= 0.6 is 0 Å². The number of nitrogens with one attached hydrogen (secondary N) is 1. The first-order valence-corrected chi connectivity index (χ1v) is 9.11. The van der Waals surface area contributed by atoms with E-state index >= 15 is 0 Å². The summed E-state index contributed by atoms with van der Waals surface area (Å²) in [5, 5.41) is 12.2. The van der Waals surface area contributed by atoms with Crippen LogP contribution in [0.3, 0.4) is 0 Å². The summed E-state index contributed by atoms with van der Waals surface area (Å²) in [6.45, 7) is 1.32. The number of piperidine rings is 1. The number of amides is 1. The zero-order valence-electron chi connectivity index (χ0n) is 15.1. The topological polar surface area (TPSA) is 56.1 Å². The summed E-state index contributed by atoms with van der Waals surface area (Å²) in [4.78, 5) is 14.3. The van der Waals surface area contributed by atoms with Crippen molar-refractivity contribution in [3.8, 4) is 6.07 Å². The van der Waals surface area contributed by atoms with Gasteiger partial charge in [-0.25, -0.2) is 4.39 Å². The number of likely N-dealkylation sites (tertiary alicyclic amines) is 1. The fraction of sp³-hybridized carbons (Fsp3) is 0.273. The zero-order chi connectivity index (χ0) is 19.1. The lowest BCUT2D eigenvalue weighted by molar-refractivity contribution is -0.128. The summed E-state index contributed by atoms with van der Waals surface area (Å²) in [6.07, 6.45) is 4.29. The molecule has 1 aliphatic rings. The maximum atomic E-state index is 12.9. The van der Waals surface area contributed by atoms with Crippen molar-refractivity contribution in [1.29, 1.82) is 5.26 Å². The van der Waals surface area contributed by atoms with Crippen LogP contribution in [0.1, 0.15) is 18.4 Å². The van der Waals surface area contributed by atoms with Gasteiger partial charge in [-0.15, -0.1) is 0 Å². The van der Waals surface area contributed by atoms with Crippen LogP contribution in [0.15, 0.2) is 66.4 Å². The van der Waals surface area contributed by atoms with Crippen LogP contribution < -0.4 is 5.32 Å².